The molecule has 0 unspecified atom stereocenters. The lowest BCUT2D eigenvalue weighted by molar-refractivity contribution is -0.122. The van der Waals surface area contributed by atoms with Gasteiger partial charge in [-0.1, -0.05) is 30.3 Å². The zero-order chi connectivity index (χ0) is 22.2. The zero-order valence-electron chi connectivity index (χ0n) is 17.6. The molecule has 9 heteroatoms. The van der Waals surface area contributed by atoms with Crippen LogP contribution in [-0.2, 0) is 22.6 Å². The van der Waals surface area contributed by atoms with Gasteiger partial charge >= 0.3 is 5.97 Å². The third-order valence-corrected chi connectivity index (χ3v) is 5.35. The van der Waals surface area contributed by atoms with E-state index in [9.17, 15) is 18.4 Å². The molecule has 0 aliphatic carbocycles. The lowest BCUT2D eigenvalue weighted by Gasteiger charge is -2.32. The number of piperidine rings is 1. The van der Waals surface area contributed by atoms with Crippen molar-refractivity contribution in [3.05, 3.63) is 53.3 Å². The fraction of sp³-hybridized carbons (Fsp3) is 0.500. The van der Waals surface area contributed by atoms with E-state index in [1.165, 1.54) is 0 Å². The summed E-state index contributed by atoms with van der Waals surface area (Å²) in [6.45, 7) is 3.17. The Morgan fingerprint density at radius 1 is 1.23 bits per heavy atom. The van der Waals surface area contributed by atoms with Gasteiger partial charge in [-0.15, -0.1) is 0 Å². The Bertz CT molecular complexity index is 865. The third kappa shape index (κ3) is 6.33. The molecule has 0 atom stereocenters. The number of amides is 1. The average molecular weight is 434 g/mol. The molecule has 7 nitrogen and oxygen atoms in total. The van der Waals surface area contributed by atoms with Crippen LogP contribution in [0.4, 0.5) is 8.78 Å². The van der Waals surface area contributed by atoms with E-state index in [0.717, 1.165) is 29.3 Å². The van der Waals surface area contributed by atoms with Crippen LogP contribution in [0.2, 0.25) is 0 Å². The number of ether oxygens (including phenoxy) is 1. The summed E-state index contributed by atoms with van der Waals surface area (Å²) >= 11 is 0. The first-order chi connectivity index (χ1) is 15.0. The summed E-state index contributed by atoms with van der Waals surface area (Å²) in [6.07, 6.45) is 0.901. The summed E-state index contributed by atoms with van der Waals surface area (Å²) in [5.41, 5.74) is 0.510. The zero-order valence-corrected chi connectivity index (χ0v) is 17.6. The minimum absolute atomic E-state index is 0.0217. The number of nitrogens with zero attached hydrogens (tertiary/aromatic N) is 3. The van der Waals surface area contributed by atoms with Crippen LogP contribution in [0.15, 0.2) is 36.5 Å². The van der Waals surface area contributed by atoms with Gasteiger partial charge in [-0.2, -0.15) is 5.10 Å². The number of nitrogens with one attached hydrogen (secondary N) is 1. The number of hydrogen-bond donors (Lipinski definition) is 1. The number of aryl methyl sites for hydroxylation is 1. The molecular weight excluding hydrogens is 406 g/mol. The predicted molar refractivity (Wildman–Crippen MR) is 111 cm³/mol. The molecule has 2 heterocycles. The number of halogens is 2. The van der Waals surface area contributed by atoms with Crippen molar-refractivity contribution in [1.82, 2.24) is 20.0 Å². The van der Waals surface area contributed by atoms with Gasteiger partial charge < -0.3 is 10.1 Å². The highest BCUT2D eigenvalue weighted by molar-refractivity contribution is 5.90. The Balaban J connectivity index is 1.48. The molecule has 1 aromatic heterocycles. The standard InChI is InChI=1S/C22H28F2N4O3/c1-2-31-22(30)18-14-25-28(20(18)21(23)24)15-27-12-10-17(11-13-27)26-19(29)9-8-16-6-4-3-5-7-16/h3-7,14,17,21H,2,8-13,15H2,1H3,(H,26,29). The first-order valence-corrected chi connectivity index (χ1v) is 10.5. The van der Waals surface area contributed by atoms with E-state index >= 15 is 0 Å². The first kappa shape index (κ1) is 22.9. The minimum atomic E-state index is -2.83. The Morgan fingerprint density at radius 3 is 2.58 bits per heavy atom. The fourth-order valence-electron chi connectivity index (χ4n) is 3.71. The van der Waals surface area contributed by atoms with E-state index in [1.807, 2.05) is 35.2 Å². The molecule has 31 heavy (non-hydrogen) atoms. The number of esters is 1. The molecule has 0 bridgehead atoms. The lowest BCUT2D eigenvalue weighted by atomic mass is 10.0. The molecule has 2 aromatic rings. The normalized spacial score (nSPS) is 15.2. The molecular formula is C22H28F2N4O3. The summed E-state index contributed by atoms with van der Waals surface area (Å²) in [5, 5.41) is 7.05. The van der Waals surface area contributed by atoms with E-state index in [0.29, 0.717) is 25.9 Å². The van der Waals surface area contributed by atoms with E-state index < -0.39 is 18.1 Å². The van der Waals surface area contributed by atoms with Crippen molar-refractivity contribution < 1.29 is 23.1 Å². The lowest BCUT2D eigenvalue weighted by Crippen LogP contribution is -2.45. The topological polar surface area (TPSA) is 76.5 Å². The number of carbonyl (C=O) groups excluding carboxylic acids is 2. The summed E-state index contributed by atoms with van der Waals surface area (Å²) in [6, 6.07) is 9.93. The van der Waals surface area contributed by atoms with Crippen LogP contribution in [-0.4, -0.2) is 52.3 Å². The van der Waals surface area contributed by atoms with Crippen molar-refractivity contribution in [2.24, 2.45) is 0 Å². The number of benzene rings is 1. The number of carbonyl (C=O) groups is 2. The van der Waals surface area contributed by atoms with Crippen LogP contribution >= 0.6 is 0 Å². The molecule has 1 fully saturated rings. The van der Waals surface area contributed by atoms with Gasteiger partial charge in [0.15, 0.2) is 0 Å². The maximum absolute atomic E-state index is 13.5. The molecule has 3 rings (SSSR count). The Hall–Kier alpha value is -2.81. The van der Waals surface area contributed by atoms with Crippen LogP contribution < -0.4 is 5.32 Å². The van der Waals surface area contributed by atoms with Crippen LogP contribution in [0.5, 0.6) is 0 Å². The Kier molecular flexibility index (Phi) is 8.11. The molecule has 1 aliphatic rings. The van der Waals surface area contributed by atoms with E-state index in [2.05, 4.69) is 10.4 Å². The summed E-state index contributed by atoms with van der Waals surface area (Å²) < 4.78 is 33.1. The van der Waals surface area contributed by atoms with Crippen molar-refractivity contribution in [3.8, 4) is 0 Å². The SMILES string of the molecule is CCOC(=O)c1cnn(CN2CCC(NC(=O)CCc3ccccc3)CC2)c1C(F)F. The van der Waals surface area contributed by atoms with Crippen molar-refractivity contribution in [2.75, 3.05) is 19.7 Å². The quantitative estimate of drug-likeness (QED) is 0.614. The van der Waals surface area contributed by atoms with Gasteiger partial charge in [0.2, 0.25) is 5.91 Å². The maximum Gasteiger partial charge on any atom is 0.341 e. The van der Waals surface area contributed by atoms with E-state index in [4.69, 9.17) is 4.74 Å². The van der Waals surface area contributed by atoms with Gasteiger partial charge in [0.25, 0.3) is 6.43 Å². The largest absolute Gasteiger partial charge is 0.462 e. The van der Waals surface area contributed by atoms with Gasteiger partial charge in [0.05, 0.1) is 19.5 Å². The van der Waals surface area contributed by atoms with Gasteiger partial charge in [-0.05, 0) is 31.7 Å². The predicted octanol–water partition coefficient (Wildman–Crippen LogP) is 3.17. The fourth-order valence-corrected chi connectivity index (χ4v) is 3.71. The van der Waals surface area contributed by atoms with Gasteiger partial charge in [0, 0.05) is 25.6 Å². The second kappa shape index (κ2) is 11.0. The molecule has 168 valence electrons. The highest BCUT2D eigenvalue weighted by Gasteiger charge is 2.27. The second-order valence-corrected chi connectivity index (χ2v) is 7.55. The number of rotatable bonds is 9. The van der Waals surface area contributed by atoms with Gasteiger partial charge in [0.1, 0.15) is 11.3 Å². The number of aromatic nitrogens is 2. The highest BCUT2D eigenvalue weighted by atomic mass is 19.3. The smallest absolute Gasteiger partial charge is 0.341 e. The summed E-state index contributed by atoms with van der Waals surface area (Å²) in [4.78, 5) is 26.1. The number of likely N-dealkylation sites (tertiary alicyclic amines) is 1. The highest BCUT2D eigenvalue weighted by Crippen LogP contribution is 2.24. The molecule has 0 saturated carbocycles. The van der Waals surface area contributed by atoms with Crippen molar-refractivity contribution in [1.29, 1.82) is 0 Å². The second-order valence-electron chi connectivity index (χ2n) is 7.55. The van der Waals surface area contributed by atoms with Gasteiger partial charge in [-0.25, -0.2) is 18.3 Å². The molecule has 1 amide bonds. The Morgan fingerprint density at radius 2 is 1.94 bits per heavy atom. The molecule has 0 radical (unpaired) electrons. The van der Waals surface area contributed by atoms with E-state index in [-0.39, 0.29) is 30.8 Å². The van der Waals surface area contributed by atoms with Crippen LogP contribution in [0.3, 0.4) is 0 Å². The van der Waals surface area contributed by atoms with Crippen LogP contribution in [0.1, 0.15) is 54.2 Å². The molecule has 1 aliphatic heterocycles. The Labute approximate surface area is 180 Å². The van der Waals surface area contributed by atoms with Gasteiger partial charge in [-0.3, -0.25) is 9.69 Å². The van der Waals surface area contributed by atoms with Crippen molar-refractivity contribution in [3.63, 3.8) is 0 Å². The monoisotopic (exact) mass is 434 g/mol. The minimum Gasteiger partial charge on any atom is -0.462 e. The van der Waals surface area contributed by atoms with Crippen molar-refractivity contribution in [2.45, 2.75) is 51.7 Å². The van der Waals surface area contributed by atoms with Crippen LogP contribution in [0, 0.1) is 0 Å². The molecule has 1 N–H and O–H groups in total. The van der Waals surface area contributed by atoms with E-state index in [1.54, 1.807) is 6.92 Å². The average Bonchev–Trinajstić information content (AvgIpc) is 3.18. The van der Waals surface area contributed by atoms with Crippen LogP contribution in [0.25, 0.3) is 0 Å². The summed E-state index contributed by atoms with van der Waals surface area (Å²) in [7, 11) is 0. The number of hydrogen-bond acceptors (Lipinski definition) is 5. The summed E-state index contributed by atoms with van der Waals surface area (Å²) in [5.74, 6) is -0.769. The first-order valence-electron chi connectivity index (χ1n) is 10.5. The number of alkyl halides is 2. The molecule has 1 aromatic carbocycles. The molecule has 1 saturated heterocycles. The third-order valence-electron chi connectivity index (χ3n) is 5.35. The molecule has 0 spiro atoms. The maximum atomic E-state index is 13.5. The van der Waals surface area contributed by atoms with Crippen molar-refractivity contribution >= 4 is 11.9 Å².